The quantitative estimate of drug-likeness (QED) is 0.469. The van der Waals surface area contributed by atoms with Crippen LogP contribution < -0.4 is 0 Å². The minimum atomic E-state index is -0.408. The smallest absolute Gasteiger partial charge is 0.293 e. The first-order valence-corrected chi connectivity index (χ1v) is 10.3. The number of hydrogen-bond acceptors (Lipinski definition) is 5. The van der Waals surface area contributed by atoms with E-state index in [4.69, 9.17) is 16.0 Å². The first-order valence-electron chi connectivity index (χ1n) is 9.06. The molecule has 1 saturated heterocycles. The van der Waals surface area contributed by atoms with Crippen molar-refractivity contribution in [2.24, 2.45) is 0 Å². The molecule has 5 nitrogen and oxygen atoms in total. The highest BCUT2D eigenvalue weighted by Gasteiger charge is 2.35. The van der Waals surface area contributed by atoms with Crippen molar-refractivity contribution in [3.63, 3.8) is 0 Å². The van der Waals surface area contributed by atoms with Crippen LogP contribution in [-0.2, 0) is 11.3 Å². The van der Waals surface area contributed by atoms with Crippen LogP contribution in [0.4, 0.5) is 4.79 Å². The van der Waals surface area contributed by atoms with Crippen LogP contribution in [0.15, 0.2) is 63.9 Å². The van der Waals surface area contributed by atoms with Gasteiger partial charge in [0, 0.05) is 16.7 Å². The summed E-state index contributed by atoms with van der Waals surface area (Å²) in [4.78, 5) is 26.6. The molecule has 0 saturated carbocycles. The highest BCUT2D eigenvalue weighted by molar-refractivity contribution is 8.18. The molecule has 0 bridgehead atoms. The molecule has 1 aromatic heterocycles. The van der Waals surface area contributed by atoms with Gasteiger partial charge in [-0.2, -0.15) is 5.26 Å². The minimum Gasteiger partial charge on any atom is -0.457 e. The molecule has 148 valence electrons. The van der Waals surface area contributed by atoms with Crippen molar-refractivity contribution in [3.8, 4) is 17.4 Å². The molecule has 1 aliphatic rings. The van der Waals surface area contributed by atoms with Gasteiger partial charge in [0.25, 0.3) is 11.1 Å². The SMILES string of the molecule is Cc1ccc(Cl)cc1-c1ccc(/C=C2/SC(=O)N(Cc3ccccc3C#N)C2=O)o1. The summed E-state index contributed by atoms with van der Waals surface area (Å²) in [6, 6.07) is 18.1. The van der Waals surface area contributed by atoms with Gasteiger partial charge >= 0.3 is 0 Å². The van der Waals surface area contributed by atoms with Gasteiger partial charge in [0.2, 0.25) is 0 Å². The number of carbonyl (C=O) groups is 2. The summed E-state index contributed by atoms with van der Waals surface area (Å²) >= 11 is 6.94. The van der Waals surface area contributed by atoms with Crippen molar-refractivity contribution < 1.29 is 14.0 Å². The van der Waals surface area contributed by atoms with Gasteiger partial charge in [0.15, 0.2) is 0 Å². The minimum absolute atomic E-state index is 0.0524. The fourth-order valence-electron chi connectivity index (χ4n) is 3.14. The van der Waals surface area contributed by atoms with Crippen LogP contribution in [0.1, 0.15) is 22.5 Å². The number of furan rings is 1. The fraction of sp³-hybridized carbons (Fsp3) is 0.0870. The third-order valence-electron chi connectivity index (χ3n) is 4.71. The maximum Gasteiger partial charge on any atom is 0.293 e. The van der Waals surface area contributed by atoms with E-state index in [-0.39, 0.29) is 16.7 Å². The molecule has 0 unspecified atom stereocenters. The molecule has 0 N–H and O–H groups in total. The van der Waals surface area contributed by atoms with Crippen molar-refractivity contribution in [3.05, 3.63) is 87.0 Å². The number of aryl methyl sites for hydroxylation is 1. The maximum absolute atomic E-state index is 12.8. The van der Waals surface area contributed by atoms with E-state index in [0.29, 0.717) is 27.7 Å². The topological polar surface area (TPSA) is 74.3 Å². The van der Waals surface area contributed by atoms with Gasteiger partial charge < -0.3 is 4.42 Å². The molecule has 2 amide bonds. The Morgan fingerprint density at radius 1 is 1.17 bits per heavy atom. The van der Waals surface area contributed by atoms with Crippen LogP contribution in [0, 0.1) is 18.3 Å². The molecular weight excluding hydrogens is 420 g/mol. The Morgan fingerprint density at radius 2 is 1.97 bits per heavy atom. The zero-order chi connectivity index (χ0) is 21.3. The van der Waals surface area contributed by atoms with Crippen molar-refractivity contribution in [2.45, 2.75) is 13.5 Å². The Morgan fingerprint density at radius 3 is 2.77 bits per heavy atom. The Labute approximate surface area is 182 Å². The lowest BCUT2D eigenvalue weighted by Crippen LogP contribution is -2.27. The second kappa shape index (κ2) is 8.23. The molecule has 2 heterocycles. The number of nitrogens with zero attached hydrogens (tertiary/aromatic N) is 2. The number of hydrogen-bond donors (Lipinski definition) is 0. The Balaban J connectivity index is 1.58. The molecule has 4 rings (SSSR count). The Bertz CT molecular complexity index is 1240. The zero-order valence-corrected chi connectivity index (χ0v) is 17.5. The van der Waals surface area contributed by atoms with E-state index >= 15 is 0 Å². The van der Waals surface area contributed by atoms with Crippen molar-refractivity contribution in [1.82, 2.24) is 4.90 Å². The van der Waals surface area contributed by atoms with Gasteiger partial charge in [0.05, 0.1) is 23.1 Å². The molecule has 1 aliphatic heterocycles. The van der Waals surface area contributed by atoms with E-state index in [1.165, 1.54) is 0 Å². The molecule has 30 heavy (non-hydrogen) atoms. The molecule has 0 spiro atoms. The fourth-order valence-corrected chi connectivity index (χ4v) is 4.13. The standard InChI is InChI=1S/C23H15ClN2O3S/c1-14-6-7-17(24)10-19(14)20-9-8-18(29-20)11-21-22(27)26(23(28)30-21)13-16-5-3-2-4-15(16)12-25/h2-11H,13H2,1H3/b21-11+. The second-order valence-electron chi connectivity index (χ2n) is 6.70. The lowest BCUT2D eigenvalue weighted by atomic mass is 10.1. The number of thioether (sulfide) groups is 1. The molecule has 3 aromatic rings. The zero-order valence-electron chi connectivity index (χ0n) is 15.9. The molecular formula is C23H15ClN2O3S. The van der Waals surface area contributed by atoms with Gasteiger partial charge in [-0.25, -0.2) is 0 Å². The molecule has 7 heteroatoms. The third-order valence-corrected chi connectivity index (χ3v) is 5.85. The van der Waals surface area contributed by atoms with E-state index in [9.17, 15) is 14.9 Å². The number of nitriles is 1. The summed E-state index contributed by atoms with van der Waals surface area (Å²) in [5.74, 6) is 0.686. The van der Waals surface area contributed by atoms with Crippen LogP contribution in [0.3, 0.4) is 0 Å². The van der Waals surface area contributed by atoms with Crippen LogP contribution in [0.25, 0.3) is 17.4 Å². The largest absolute Gasteiger partial charge is 0.457 e. The first-order chi connectivity index (χ1) is 14.5. The van der Waals surface area contributed by atoms with Gasteiger partial charge in [-0.15, -0.1) is 0 Å². The van der Waals surface area contributed by atoms with Gasteiger partial charge in [0.1, 0.15) is 11.5 Å². The van der Waals surface area contributed by atoms with Gasteiger partial charge in [-0.3, -0.25) is 14.5 Å². The van der Waals surface area contributed by atoms with Gasteiger partial charge in [-0.1, -0.05) is 35.9 Å². The maximum atomic E-state index is 12.8. The summed E-state index contributed by atoms with van der Waals surface area (Å²) in [6.45, 7) is 2.01. The van der Waals surface area contributed by atoms with E-state index in [1.54, 1.807) is 42.5 Å². The van der Waals surface area contributed by atoms with Crippen molar-refractivity contribution in [2.75, 3.05) is 0 Å². The average molecular weight is 435 g/mol. The number of imide groups is 1. The first kappa shape index (κ1) is 20.0. The highest BCUT2D eigenvalue weighted by atomic mass is 35.5. The van der Waals surface area contributed by atoms with E-state index in [1.807, 2.05) is 25.1 Å². The van der Waals surface area contributed by atoms with Crippen molar-refractivity contribution >= 4 is 40.6 Å². The summed E-state index contributed by atoms with van der Waals surface area (Å²) in [5.41, 5.74) is 2.94. The molecule has 0 radical (unpaired) electrons. The van der Waals surface area contributed by atoms with E-state index < -0.39 is 5.91 Å². The average Bonchev–Trinajstić information content (AvgIpc) is 3.30. The van der Waals surface area contributed by atoms with Crippen LogP contribution in [0.2, 0.25) is 5.02 Å². The van der Waals surface area contributed by atoms with E-state index in [0.717, 1.165) is 27.8 Å². The van der Waals surface area contributed by atoms with Crippen molar-refractivity contribution in [1.29, 1.82) is 5.26 Å². The normalized spacial score (nSPS) is 15.1. The highest BCUT2D eigenvalue weighted by Crippen LogP contribution is 2.35. The molecule has 0 aliphatic carbocycles. The Hall–Kier alpha value is -3.27. The summed E-state index contributed by atoms with van der Waals surface area (Å²) < 4.78 is 5.87. The molecule has 2 aromatic carbocycles. The number of amides is 2. The van der Waals surface area contributed by atoms with Crippen LogP contribution in [-0.4, -0.2) is 16.0 Å². The summed E-state index contributed by atoms with van der Waals surface area (Å²) in [7, 11) is 0. The Kier molecular flexibility index (Phi) is 5.49. The number of benzene rings is 2. The van der Waals surface area contributed by atoms with Gasteiger partial charge in [-0.05, 0) is 60.1 Å². The monoisotopic (exact) mass is 434 g/mol. The second-order valence-corrected chi connectivity index (χ2v) is 8.13. The van der Waals surface area contributed by atoms with Crippen LogP contribution in [0.5, 0.6) is 0 Å². The third kappa shape index (κ3) is 3.90. The van der Waals surface area contributed by atoms with Crippen LogP contribution >= 0.6 is 23.4 Å². The molecule has 1 fully saturated rings. The predicted molar refractivity (Wildman–Crippen MR) is 117 cm³/mol. The number of carbonyl (C=O) groups excluding carboxylic acids is 2. The summed E-state index contributed by atoms with van der Waals surface area (Å²) in [6.07, 6.45) is 1.56. The number of rotatable bonds is 4. The van der Waals surface area contributed by atoms with E-state index in [2.05, 4.69) is 6.07 Å². The summed E-state index contributed by atoms with van der Waals surface area (Å²) in [5, 5.41) is 9.45. The molecule has 0 atom stereocenters. The lowest BCUT2D eigenvalue weighted by Gasteiger charge is -2.13. The predicted octanol–water partition coefficient (Wildman–Crippen LogP) is 6.02. The number of halogens is 1. The lowest BCUT2D eigenvalue weighted by molar-refractivity contribution is -0.123.